The molecular formula is C29H31ClF3N5O2. The van der Waals surface area contributed by atoms with E-state index < -0.39 is 17.8 Å². The Hall–Kier alpha value is -3.53. The molecule has 0 bridgehead atoms. The van der Waals surface area contributed by atoms with Crippen LogP contribution in [0.3, 0.4) is 0 Å². The lowest BCUT2D eigenvalue weighted by molar-refractivity contribution is -0.140. The van der Waals surface area contributed by atoms with Crippen molar-refractivity contribution in [2.24, 2.45) is 5.92 Å². The first kappa shape index (κ1) is 28.0. The maximum absolute atomic E-state index is 13.3. The van der Waals surface area contributed by atoms with Gasteiger partial charge in [-0.05, 0) is 73.9 Å². The number of alkyl halides is 3. The zero-order valence-corrected chi connectivity index (χ0v) is 22.7. The van der Waals surface area contributed by atoms with Gasteiger partial charge in [0.2, 0.25) is 11.8 Å². The number of hydrogen-bond donors (Lipinski definition) is 1. The molecule has 2 aliphatic rings. The minimum absolute atomic E-state index is 0.125. The predicted molar refractivity (Wildman–Crippen MR) is 147 cm³/mol. The lowest BCUT2D eigenvalue weighted by atomic mass is 10.0. The highest BCUT2D eigenvalue weighted by molar-refractivity contribution is 6.33. The van der Waals surface area contributed by atoms with Gasteiger partial charge in [-0.15, -0.1) is 0 Å². The van der Waals surface area contributed by atoms with Crippen molar-refractivity contribution in [2.45, 2.75) is 57.4 Å². The summed E-state index contributed by atoms with van der Waals surface area (Å²) in [6.45, 7) is 1.80. The monoisotopic (exact) mass is 573 g/mol. The minimum atomic E-state index is -4.38. The summed E-state index contributed by atoms with van der Waals surface area (Å²) in [5.41, 5.74) is 1.34. The molecule has 2 fully saturated rings. The molecule has 2 heterocycles. The van der Waals surface area contributed by atoms with Crippen molar-refractivity contribution < 1.29 is 22.8 Å². The number of rotatable bonds is 9. The zero-order valence-electron chi connectivity index (χ0n) is 21.9. The van der Waals surface area contributed by atoms with Gasteiger partial charge in [0, 0.05) is 37.7 Å². The van der Waals surface area contributed by atoms with Gasteiger partial charge in [-0.25, -0.2) is 4.98 Å². The Morgan fingerprint density at radius 2 is 1.85 bits per heavy atom. The summed E-state index contributed by atoms with van der Waals surface area (Å²) >= 11 is 6.69. The number of nitrogens with zero attached hydrogens (tertiary/aromatic N) is 4. The number of imidazole rings is 1. The van der Waals surface area contributed by atoms with Crippen LogP contribution in [0.25, 0.3) is 0 Å². The van der Waals surface area contributed by atoms with Gasteiger partial charge in [0.05, 0.1) is 22.6 Å². The maximum Gasteiger partial charge on any atom is 0.416 e. The number of likely N-dealkylation sites (tertiary alicyclic amines) is 1. The zero-order chi connectivity index (χ0) is 28.3. The number of carbonyl (C=O) groups is 2. The van der Waals surface area contributed by atoms with E-state index in [1.165, 1.54) is 12.1 Å². The second kappa shape index (κ2) is 11.9. The highest BCUT2D eigenvalue weighted by Crippen LogP contribution is 2.36. The van der Waals surface area contributed by atoms with Crippen LogP contribution in [-0.4, -0.2) is 45.4 Å². The highest BCUT2D eigenvalue weighted by atomic mass is 35.5. The van der Waals surface area contributed by atoms with Crippen molar-refractivity contribution in [2.75, 3.05) is 23.3 Å². The molecule has 7 nitrogen and oxygen atoms in total. The van der Waals surface area contributed by atoms with Crippen LogP contribution < -0.4 is 10.2 Å². The van der Waals surface area contributed by atoms with Gasteiger partial charge in [-0.3, -0.25) is 9.59 Å². The molecular weight excluding hydrogens is 543 g/mol. The molecule has 1 N–H and O–H groups in total. The van der Waals surface area contributed by atoms with E-state index in [9.17, 15) is 22.8 Å². The third-order valence-corrected chi connectivity index (χ3v) is 7.69. The molecule has 1 saturated heterocycles. The van der Waals surface area contributed by atoms with E-state index in [2.05, 4.69) is 15.2 Å². The molecule has 0 unspecified atom stereocenters. The van der Waals surface area contributed by atoms with Crippen molar-refractivity contribution >= 4 is 34.8 Å². The Morgan fingerprint density at radius 3 is 2.50 bits per heavy atom. The smallest absolute Gasteiger partial charge is 0.366 e. The average Bonchev–Trinajstić information content (AvgIpc) is 3.60. The summed E-state index contributed by atoms with van der Waals surface area (Å²) in [6.07, 6.45) is 5.00. The molecule has 0 radical (unpaired) electrons. The summed E-state index contributed by atoms with van der Waals surface area (Å²) in [5, 5.41) is 3.36. The van der Waals surface area contributed by atoms with E-state index in [0.29, 0.717) is 36.1 Å². The molecule has 1 aliphatic carbocycles. The van der Waals surface area contributed by atoms with Crippen LogP contribution in [0.4, 0.5) is 24.5 Å². The van der Waals surface area contributed by atoms with Crippen molar-refractivity contribution in [3.63, 3.8) is 0 Å². The van der Waals surface area contributed by atoms with Gasteiger partial charge in [0.25, 0.3) is 0 Å². The summed E-state index contributed by atoms with van der Waals surface area (Å²) in [5.74, 6) is 0.120. The Balaban J connectivity index is 1.27. The highest BCUT2D eigenvalue weighted by Gasteiger charge is 2.33. The van der Waals surface area contributed by atoms with E-state index >= 15 is 0 Å². The van der Waals surface area contributed by atoms with E-state index in [1.807, 2.05) is 6.07 Å². The topological polar surface area (TPSA) is 70.5 Å². The molecule has 2 aromatic carbocycles. The van der Waals surface area contributed by atoms with Crippen LogP contribution in [0.2, 0.25) is 5.02 Å². The lowest BCUT2D eigenvalue weighted by Gasteiger charge is -2.35. The van der Waals surface area contributed by atoms with Gasteiger partial charge in [-0.2, -0.15) is 13.2 Å². The van der Waals surface area contributed by atoms with Crippen LogP contribution in [0.15, 0.2) is 61.2 Å². The molecule has 3 aromatic rings. The van der Waals surface area contributed by atoms with Crippen molar-refractivity contribution in [1.82, 2.24) is 14.5 Å². The standard InChI is InChI=1S/C29H31ClF3N5O2/c30-24-15-23(35-28(40)26-3-1-2-13-38(26)27(39)18-36-14-12-34-19-36)10-11-25(24)37(16-20-4-5-20)17-21-6-8-22(9-7-21)29(31,32)33/h6-12,14-15,19-20,26H,1-5,13,16-18H2,(H,35,40)/t26-/m1/s1. The Kier molecular flexibility index (Phi) is 8.35. The van der Waals surface area contributed by atoms with Crippen LogP contribution in [-0.2, 0) is 28.9 Å². The number of nitrogens with one attached hydrogen (secondary N) is 1. The summed E-state index contributed by atoms with van der Waals surface area (Å²) in [4.78, 5) is 33.9. The quantitative estimate of drug-likeness (QED) is 0.341. The van der Waals surface area contributed by atoms with Gasteiger partial charge in [0.1, 0.15) is 12.6 Å². The molecule has 40 heavy (non-hydrogen) atoms. The van der Waals surface area contributed by atoms with Crippen molar-refractivity contribution in [3.05, 3.63) is 77.3 Å². The number of hydrogen-bond acceptors (Lipinski definition) is 4. The second-order valence-corrected chi connectivity index (χ2v) is 10.9. The Labute approximate surface area is 235 Å². The number of anilines is 2. The first-order chi connectivity index (χ1) is 19.2. The molecule has 1 aliphatic heterocycles. The normalized spacial score (nSPS) is 17.5. The molecule has 1 saturated carbocycles. The van der Waals surface area contributed by atoms with Gasteiger partial charge < -0.3 is 19.7 Å². The molecule has 2 amide bonds. The summed E-state index contributed by atoms with van der Waals surface area (Å²) in [7, 11) is 0. The molecule has 11 heteroatoms. The number of carbonyl (C=O) groups excluding carboxylic acids is 2. The largest absolute Gasteiger partial charge is 0.416 e. The first-order valence-electron chi connectivity index (χ1n) is 13.4. The van der Waals surface area contributed by atoms with E-state index in [-0.39, 0.29) is 18.4 Å². The van der Waals surface area contributed by atoms with Crippen LogP contribution in [0, 0.1) is 5.92 Å². The fourth-order valence-corrected chi connectivity index (χ4v) is 5.38. The van der Waals surface area contributed by atoms with E-state index in [0.717, 1.165) is 55.6 Å². The maximum atomic E-state index is 13.3. The fraction of sp³-hybridized carbons (Fsp3) is 0.414. The number of aromatic nitrogens is 2. The van der Waals surface area contributed by atoms with Crippen LogP contribution >= 0.6 is 11.6 Å². The molecule has 5 rings (SSSR count). The third kappa shape index (κ3) is 6.96. The van der Waals surface area contributed by atoms with Crippen molar-refractivity contribution in [3.8, 4) is 0 Å². The first-order valence-corrected chi connectivity index (χ1v) is 13.8. The number of piperidine rings is 1. The van der Waals surface area contributed by atoms with Crippen LogP contribution in [0.1, 0.15) is 43.2 Å². The number of benzene rings is 2. The lowest BCUT2D eigenvalue weighted by Crippen LogP contribution is -2.50. The Bertz CT molecular complexity index is 1330. The third-order valence-electron chi connectivity index (χ3n) is 7.39. The molecule has 1 aromatic heterocycles. The number of halogens is 4. The van der Waals surface area contributed by atoms with Crippen LogP contribution in [0.5, 0.6) is 0 Å². The molecule has 1 atom stereocenters. The second-order valence-electron chi connectivity index (χ2n) is 10.5. The fourth-order valence-electron chi connectivity index (χ4n) is 5.08. The SMILES string of the molecule is O=C(Nc1ccc(N(Cc2ccc(C(F)(F)F)cc2)CC2CC2)c(Cl)c1)[C@H]1CCCCN1C(=O)Cn1ccnc1. The molecule has 212 valence electrons. The number of amides is 2. The summed E-state index contributed by atoms with van der Waals surface area (Å²) in [6, 6.07) is 9.89. The van der Waals surface area contributed by atoms with Crippen molar-refractivity contribution in [1.29, 1.82) is 0 Å². The molecule has 0 spiro atoms. The predicted octanol–water partition coefficient (Wildman–Crippen LogP) is 5.99. The van der Waals surface area contributed by atoms with E-state index in [4.69, 9.17) is 11.6 Å². The van der Waals surface area contributed by atoms with E-state index in [1.54, 1.807) is 40.3 Å². The average molecular weight is 574 g/mol. The summed E-state index contributed by atoms with van der Waals surface area (Å²) < 4.78 is 40.6. The Morgan fingerprint density at radius 1 is 1.07 bits per heavy atom. The van der Waals surface area contributed by atoms with Gasteiger partial charge in [0.15, 0.2) is 0 Å². The minimum Gasteiger partial charge on any atom is -0.366 e. The van der Waals surface area contributed by atoms with Gasteiger partial charge in [-0.1, -0.05) is 23.7 Å². The van der Waals surface area contributed by atoms with Gasteiger partial charge >= 0.3 is 6.18 Å².